The minimum atomic E-state index is 0.262. The Morgan fingerprint density at radius 2 is 1.65 bits per heavy atom. The molecule has 0 aliphatic carbocycles. The summed E-state index contributed by atoms with van der Waals surface area (Å²) in [6, 6.07) is 19.9. The summed E-state index contributed by atoms with van der Waals surface area (Å²) in [5.41, 5.74) is 4.01. The molecule has 1 atom stereocenters. The molecule has 31 heavy (non-hydrogen) atoms. The number of piperazine rings is 1. The van der Waals surface area contributed by atoms with Gasteiger partial charge in [-0.1, -0.05) is 48.5 Å². The van der Waals surface area contributed by atoms with Crippen molar-refractivity contribution in [3.8, 4) is 0 Å². The quantitative estimate of drug-likeness (QED) is 0.494. The lowest BCUT2D eigenvalue weighted by Crippen LogP contribution is -2.47. The number of rotatable bonds is 9. The molecule has 1 aliphatic heterocycles. The van der Waals surface area contributed by atoms with Crippen LogP contribution in [0.25, 0.3) is 10.9 Å². The van der Waals surface area contributed by atoms with Crippen molar-refractivity contribution in [2.45, 2.75) is 45.7 Å². The monoisotopic (exact) mass is 417 g/mol. The van der Waals surface area contributed by atoms with Crippen molar-refractivity contribution in [1.82, 2.24) is 14.4 Å². The molecule has 0 amide bonds. The van der Waals surface area contributed by atoms with Crippen LogP contribution < -0.4 is 0 Å². The van der Waals surface area contributed by atoms with E-state index in [1.54, 1.807) is 6.92 Å². The van der Waals surface area contributed by atoms with E-state index >= 15 is 0 Å². The summed E-state index contributed by atoms with van der Waals surface area (Å²) in [5.74, 6) is 0.262. The first-order chi connectivity index (χ1) is 15.1. The number of Topliss-reactive ketones (excluding diaryl/α,β-unsaturated/α-hetero) is 1. The van der Waals surface area contributed by atoms with Crippen LogP contribution in [0.5, 0.6) is 0 Å². The third-order valence-electron chi connectivity index (χ3n) is 6.73. The van der Waals surface area contributed by atoms with Gasteiger partial charge in [0, 0.05) is 62.3 Å². The van der Waals surface area contributed by atoms with Crippen LogP contribution in [0.4, 0.5) is 0 Å². The van der Waals surface area contributed by atoms with Crippen LogP contribution in [0.1, 0.15) is 43.9 Å². The van der Waals surface area contributed by atoms with E-state index in [1.807, 2.05) is 0 Å². The first-order valence-corrected chi connectivity index (χ1v) is 11.7. The number of aryl methyl sites for hydroxylation is 2. The summed E-state index contributed by atoms with van der Waals surface area (Å²) in [7, 11) is 0. The minimum absolute atomic E-state index is 0.262. The van der Waals surface area contributed by atoms with Gasteiger partial charge in [0.05, 0.1) is 0 Å². The number of para-hydroxylation sites is 1. The second-order valence-corrected chi connectivity index (χ2v) is 8.88. The maximum atomic E-state index is 11.4. The van der Waals surface area contributed by atoms with Crippen LogP contribution >= 0.6 is 0 Å². The Hall–Kier alpha value is -2.43. The van der Waals surface area contributed by atoms with Gasteiger partial charge in [-0.25, -0.2) is 0 Å². The molecule has 1 unspecified atom stereocenters. The summed E-state index contributed by atoms with van der Waals surface area (Å²) in [4.78, 5) is 16.6. The van der Waals surface area contributed by atoms with E-state index in [9.17, 15) is 4.79 Å². The van der Waals surface area contributed by atoms with Crippen molar-refractivity contribution >= 4 is 16.7 Å². The summed E-state index contributed by atoms with van der Waals surface area (Å²) in [6.45, 7) is 10.7. The minimum Gasteiger partial charge on any atom is -0.347 e. The van der Waals surface area contributed by atoms with E-state index in [0.717, 1.165) is 52.1 Å². The Bertz CT molecular complexity index is 986. The average Bonchev–Trinajstić information content (AvgIpc) is 3.16. The molecule has 0 spiro atoms. The van der Waals surface area contributed by atoms with Gasteiger partial charge in [0.15, 0.2) is 0 Å². The van der Waals surface area contributed by atoms with Gasteiger partial charge in [-0.15, -0.1) is 0 Å². The number of fused-ring (bicyclic) bond motifs is 1. The Morgan fingerprint density at radius 3 is 2.39 bits per heavy atom. The molecule has 164 valence electrons. The fourth-order valence-corrected chi connectivity index (χ4v) is 4.80. The molecule has 2 heterocycles. The van der Waals surface area contributed by atoms with Crippen LogP contribution in [0, 0.1) is 0 Å². The molecule has 2 aromatic carbocycles. The lowest BCUT2D eigenvalue weighted by molar-refractivity contribution is -0.116. The second-order valence-electron chi connectivity index (χ2n) is 8.88. The molecular weight excluding hydrogens is 382 g/mol. The van der Waals surface area contributed by atoms with E-state index in [0.29, 0.717) is 12.5 Å². The van der Waals surface area contributed by atoms with Gasteiger partial charge in [-0.3, -0.25) is 4.90 Å². The first-order valence-electron chi connectivity index (χ1n) is 11.7. The highest BCUT2D eigenvalue weighted by atomic mass is 16.1. The summed E-state index contributed by atoms with van der Waals surface area (Å²) < 4.78 is 2.39. The van der Waals surface area contributed by atoms with Crippen molar-refractivity contribution in [3.05, 3.63) is 71.9 Å². The zero-order valence-corrected chi connectivity index (χ0v) is 19.0. The number of carbonyl (C=O) groups excluding carboxylic acids is 1. The number of hydrogen-bond acceptors (Lipinski definition) is 3. The lowest BCUT2D eigenvalue weighted by Gasteiger charge is -2.38. The highest BCUT2D eigenvalue weighted by Gasteiger charge is 2.21. The highest BCUT2D eigenvalue weighted by Crippen LogP contribution is 2.24. The van der Waals surface area contributed by atoms with Crippen LogP contribution in [-0.4, -0.2) is 52.9 Å². The average molecular weight is 418 g/mol. The van der Waals surface area contributed by atoms with Gasteiger partial charge < -0.3 is 14.3 Å². The highest BCUT2D eigenvalue weighted by molar-refractivity contribution is 5.85. The fraction of sp³-hybridized carbons (Fsp3) is 0.444. The predicted octanol–water partition coefficient (Wildman–Crippen LogP) is 4.93. The number of benzene rings is 2. The fourth-order valence-electron chi connectivity index (χ4n) is 4.80. The Labute approximate surface area is 186 Å². The van der Waals surface area contributed by atoms with Gasteiger partial charge in [-0.05, 0) is 50.4 Å². The maximum Gasteiger partial charge on any atom is 0.130 e. The molecule has 0 bridgehead atoms. The van der Waals surface area contributed by atoms with Crippen molar-refractivity contribution in [1.29, 1.82) is 0 Å². The van der Waals surface area contributed by atoms with Crippen molar-refractivity contribution in [2.24, 2.45) is 0 Å². The number of nitrogens with zero attached hydrogens (tertiary/aromatic N) is 3. The van der Waals surface area contributed by atoms with Gasteiger partial charge in [0.1, 0.15) is 5.78 Å². The van der Waals surface area contributed by atoms with Crippen LogP contribution in [-0.2, 0) is 17.8 Å². The van der Waals surface area contributed by atoms with Crippen molar-refractivity contribution in [2.75, 3.05) is 32.7 Å². The maximum absolute atomic E-state index is 11.4. The standard InChI is InChI=1S/C27H35N3O/c1-22(31)13-14-25-21-30(27-12-7-6-11-26(25)27)16-8-15-28-17-19-29(20-18-28)23(2)24-9-4-3-5-10-24/h3-7,9-12,21,23H,8,13-20H2,1-2H3. The molecule has 3 aromatic rings. The zero-order chi connectivity index (χ0) is 21.6. The van der Waals surface area contributed by atoms with Crippen molar-refractivity contribution in [3.63, 3.8) is 0 Å². The van der Waals surface area contributed by atoms with Crippen LogP contribution in [0.2, 0.25) is 0 Å². The lowest BCUT2D eigenvalue weighted by atomic mass is 10.1. The Morgan fingerprint density at radius 1 is 0.935 bits per heavy atom. The van der Waals surface area contributed by atoms with Crippen LogP contribution in [0.15, 0.2) is 60.8 Å². The number of carbonyl (C=O) groups is 1. The van der Waals surface area contributed by atoms with Gasteiger partial charge >= 0.3 is 0 Å². The Kier molecular flexibility index (Phi) is 7.21. The molecule has 1 saturated heterocycles. The van der Waals surface area contributed by atoms with Crippen molar-refractivity contribution < 1.29 is 4.79 Å². The van der Waals surface area contributed by atoms with E-state index in [-0.39, 0.29) is 5.78 Å². The van der Waals surface area contributed by atoms with Gasteiger partial charge in [0.2, 0.25) is 0 Å². The molecule has 0 saturated carbocycles. The zero-order valence-electron chi connectivity index (χ0n) is 19.0. The van der Waals surface area contributed by atoms with Crippen LogP contribution in [0.3, 0.4) is 0 Å². The Balaban J connectivity index is 1.28. The third-order valence-corrected chi connectivity index (χ3v) is 6.73. The molecular formula is C27H35N3O. The first kappa shape index (κ1) is 21.8. The summed E-state index contributed by atoms with van der Waals surface area (Å²) in [5, 5.41) is 1.30. The summed E-state index contributed by atoms with van der Waals surface area (Å²) in [6.07, 6.45) is 4.89. The smallest absolute Gasteiger partial charge is 0.130 e. The molecule has 1 aromatic heterocycles. The molecule has 1 aliphatic rings. The largest absolute Gasteiger partial charge is 0.347 e. The number of aromatic nitrogens is 1. The molecule has 4 rings (SSSR count). The second kappa shape index (κ2) is 10.3. The third kappa shape index (κ3) is 5.44. The van der Waals surface area contributed by atoms with Gasteiger partial charge in [-0.2, -0.15) is 0 Å². The van der Waals surface area contributed by atoms with E-state index < -0.39 is 0 Å². The number of ketones is 1. The normalized spacial score (nSPS) is 16.6. The summed E-state index contributed by atoms with van der Waals surface area (Å²) >= 11 is 0. The molecule has 1 fully saturated rings. The SMILES string of the molecule is CC(=O)CCc1cn(CCCN2CCN(C(C)c3ccccc3)CC2)c2ccccc12. The molecule has 0 radical (unpaired) electrons. The number of hydrogen-bond donors (Lipinski definition) is 0. The van der Waals surface area contributed by atoms with E-state index in [2.05, 4.69) is 82.1 Å². The van der Waals surface area contributed by atoms with Gasteiger partial charge in [0.25, 0.3) is 0 Å². The molecule has 0 N–H and O–H groups in total. The molecule has 4 heteroatoms. The molecule has 4 nitrogen and oxygen atoms in total. The topological polar surface area (TPSA) is 28.5 Å². The predicted molar refractivity (Wildman–Crippen MR) is 128 cm³/mol. The van der Waals surface area contributed by atoms with E-state index in [1.165, 1.54) is 22.0 Å². The van der Waals surface area contributed by atoms with E-state index in [4.69, 9.17) is 0 Å².